The van der Waals surface area contributed by atoms with Gasteiger partial charge in [0.15, 0.2) is 0 Å². The van der Waals surface area contributed by atoms with E-state index < -0.39 is 0 Å². The summed E-state index contributed by atoms with van der Waals surface area (Å²) in [5, 5.41) is 9.19. The lowest BCUT2D eigenvalue weighted by atomic mass is 10.1. The fourth-order valence-electron chi connectivity index (χ4n) is 2.64. The van der Waals surface area contributed by atoms with Crippen LogP contribution < -0.4 is 5.73 Å². The zero-order valence-electron chi connectivity index (χ0n) is 10.8. The number of nitrogens with two attached hydrogens (primary N) is 1. The Labute approximate surface area is 121 Å². The van der Waals surface area contributed by atoms with Crippen molar-refractivity contribution in [2.75, 3.05) is 18.9 Å². The predicted molar refractivity (Wildman–Crippen MR) is 78.9 cm³/mol. The number of carbonyl (C=O) groups excluding carboxylic acids is 1. The van der Waals surface area contributed by atoms with Crippen molar-refractivity contribution in [3.63, 3.8) is 0 Å². The smallest absolute Gasteiger partial charge is 0.255 e. The van der Waals surface area contributed by atoms with Gasteiger partial charge < -0.3 is 15.7 Å². The van der Waals surface area contributed by atoms with Gasteiger partial charge in [0, 0.05) is 18.3 Å². The highest BCUT2D eigenvalue weighted by Gasteiger charge is 2.28. The van der Waals surface area contributed by atoms with Gasteiger partial charge in [-0.3, -0.25) is 4.79 Å². The first-order valence-corrected chi connectivity index (χ1v) is 7.40. The zero-order chi connectivity index (χ0) is 13.8. The first-order valence-electron chi connectivity index (χ1n) is 6.61. The molecule has 1 aliphatic carbocycles. The summed E-state index contributed by atoms with van der Waals surface area (Å²) in [6, 6.07) is 5.54. The van der Waals surface area contributed by atoms with Crippen LogP contribution in [0.5, 0.6) is 0 Å². The molecular weight excluding hydrogens is 308 g/mol. The van der Waals surface area contributed by atoms with Gasteiger partial charge >= 0.3 is 0 Å². The van der Waals surface area contributed by atoms with Gasteiger partial charge in [0.25, 0.3) is 5.91 Å². The highest BCUT2D eigenvalue weighted by Crippen LogP contribution is 2.29. The van der Waals surface area contributed by atoms with E-state index >= 15 is 0 Å². The van der Waals surface area contributed by atoms with E-state index in [9.17, 15) is 9.90 Å². The highest BCUT2D eigenvalue weighted by atomic mass is 79.9. The number of benzene rings is 1. The molecule has 0 aliphatic heterocycles. The van der Waals surface area contributed by atoms with Crippen molar-refractivity contribution in [3.8, 4) is 0 Å². The van der Waals surface area contributed by atoms with Crippen LogP contribution in [0.25, 0.3) is 0 Å². The molecule has 2 rings (SSSR count). The molecule has 4 nitrogen and oxygen atoms in total. The molecule has 0 unspecified atom stereocenters. The molecular formula is C14H19BrN2O2. The van der Waals surface area contributed by atoms with Crippen LogP contribution >= 0.6 is 15.9 Å². The van der Waals surface area contributed by atoms with Crippen LogP contribution in [0, 0.1) is 0 Å². The first-order chi connectivity index (χ1) is 9.15. The van der Waals surface area contributed by atoms with Crippen LogP contribution in [0.15, 0.2) is 22.7 Å². The van der Waals surface area contributed by atoms with E-state index in [2.05, 4.69) is 15.9 Å². The standard InChI is InChI=1S/C14H19BrN2O2/c15-13-11(6-3-7-12(13)16)14(19)17(8-9-18)10-4-1-2-5-10/h3,6-7,10,18H,1-2,4-5,8-9,16H2. The van der Waals surface area contributed by atoms with Gasteiger partial charge in [-0.15, -0.1) is 0 Å². The van der Waals surface area contributed by atoms with Crippen LogP contribution in [-0.2, 0) is 0 Å². The molecule has 5 heteroatoms. The molecule has 0 spiro atoms. The average molecular weight is 327 g/mol. The molecule has 1 aromatic rings. The topological polar surface area (TPSA) is 66.6 Å². The molecule has 1 aromatic carbocycles. The van der Waals surface area contributed by atoms with Gasteiger partial charge in [0.2, 0.25) is 0 Å². The Morgan fingerprint density at radius 1 is 1.42 bits per heavy atom. The Balaban J connectivity index is 2.25. The van der Waals surface area contributed by atoms with E-state index in [0.29, 0.717) is 22.3 Å². The Hall–Kier alpha value is -1.07. The third-order valence-electron chi connectivity index (χ3n) is 3.63. The molecule has 1 aliphatic rings. The van der Waals surface area contributed by atoms with E-state index in [1.54, 1.807) is 23.1 Å². The molecule has 0 aromatic heterocycles. The lowest BCUT2D eigenvalue weighted by molar-refractivity contribution is 0.0637. The van der Waals surface area contributed by atoms with Crippen molar-refractivity contribution < 1.29 is 9.90 Å². The SMILES string of the molecule is Nc1cccc(C(=O)N(CCO)C2CCCC2)c1Br. The summed E-state index contributed by atoms with van der Waals surface area (Å²) in [7, 11) is 0. The van der Waals surface area contributed by atoms with Crippen molar-refractivity contribution in [3.05, 3.63) is 28.2 Å². The van der Waals surface area contributed by atoms with E-state index in [0.717, 1.165) is 25.7 Å². The molecule has 1 amide bonds. The summed E-state index contributed by atoms with van der Waals surface area (Å²) in [6.45, 7) is 0.368. The zero-order valence-corrected chi connectivity index (χ0v) is 12.4. The number of nitrogen functional groups attached to an aromatic ring is 1. The third-order valence-corrected chi connectivity index (χ3v) is 4.51. The number of halogens is 1. The van der Waals surface area contributed by atoms with E-state index in [1.165, 1.54) is 0 Å². The van der Waals surface area contributed by atoms with Gasteiger partial charge in [-0.1, -0.05) is 18.9 Å². The van der Waals surface area contributed by atoms with Crippen LogP contribution in [0.3, 0.4) is 0 Å². The molecule has 19 heavy (non-hydrogen) atoms. The second kappa shape index (κ2) is 6.39. The van der Waals surface area contributed by atoms with Crippen molar-refractivity contribution in [1.29, 1.82) is 0 Å². The van der Waals surface area contributed by atoms with Gasteiger partial charge in [0.05, 0.1) is 16.6 Å². The second-order valence-electron chi connectivity index (χ2n) is 4.87. The molecule has 1 fully saturated rings. The Kier molecular flexibility index (Phi) is 4.82. The fourth-order valence-corrected chi connectivity index (χ4v) is 3.08. The number of amides is 1. The lowest BCUT2D eigenvalue weighted by Gasteiger charge is -2.29. The van der Waals surface area contributed by atoms with E-state index in [1.807, 2.05) is 0 Å². The molecule has 0 saturated heterocycles. The summed E-state index contributed by atoms with van der Waals surface area (Å²) in [4.78, 5) is 14.4. The lowest BCUT2D eigenvalue weighted by Crippen LogP contribution is -2.40. The van der Waals surface area contributed by atoms with Gasteiger partial charge in [0.1, 0.15) is 0 Å². The Bertz CT molecular complexity index is 459. The normalized spacial score (nSPS) is 15.7. The molecule has 0 heterocycles. The number of nitrogens with zero attached hydrogens (tertiary/aromatic N) is 1. The number of aliphatic hydroxyl groups excluding tert-OH is 1. The maximum absolute atomic E-state index is 12.6. The average Bonchev–Trinajstić information content (AvgIpc) is 2.92. The summed E-state index contributed by atoms with van der Waals surface area (Å²) >= 11 is 3.37. The molecule has 3 N–H and O–H groups in total. The highest BCUT2D eigenvalue weighted by molar-refractivity contribution is 9.10. The Morgan fingerprint density at radius 3 is 2.74 bits per heavy atom. The number of carbonyl (C=O) groups is 1. The van der Waals surface area contributed by atoms with Gasteiger partial charge in [-0.2, -0.15) is 0 Å². The monoisotopic (exact) mass is 326 g/mol. The minimum atomic E-state index is -0.0554. The number of anilines is 1. The van der Waals surface area contributed by atoms with Crippen LogP contribution in [0.2, 0.25) is 0 Å². The minimum absolute atomic E-state index is 0.0117. The number of aliphatic hydroxyl groups is 1. The van der Waals surface area contributed by atoms with Gasteiger partial charge in [-0.05, 0) is 40.9 Å². The Morgan fingerprint density at radius 2 is 2.11 bits per heavy atom. The molecule has 104 valence electrons. The van der Waals surface area contributed by atoms with Crippen LogP contribution in [-0.4, -0.2) is 35.1 Å². The summed E-state index contributed by atoms with van der Waals surface area (Å²) < 4.78 is 0.640. The number of rotatable bonds is 4. The van der Waals surface area contributed by atoms with Crippen molar-refractivity contribution in [1.82, 2.24) is 4.90 Å². The van der Waals surface area contributed by atoms with Crippen molar-refractivity contribution in [2.24, 2.45) is 0 Å². The predicted octanol–water partition coefficient (Wildman–Crippen LogP) is 2.41. The molecule has 1 saturated carbocycles. The maximum Gasteiger partial charge on any atom is 0.255 e. The maximum atomic E-state index is 12.6. The molecule has 0 bridgehead atoms. The van der Waals surface area contributed by atoms with Crippen molar-refractivity contribution in [2.45, 2.75) is 31.7 Å². The quantitative estimate of drug-likeness (QED) is 0.835. The number of hydrogen-bond acceptors (Lipinski definition) is 3. The van der Waals surface area contributed by atoms with E-state index in [-0.39, 0.29) is 18.6 Å². The first kappa shape index (κ1) is 14.3. The third kappa shape index (κ3) is 3.09. The van der Waals surface area contributed by atoms with Crippen molar-refractivity contribution >= 4 is 27.5 Å². The molecule has 0 radical (unpaired) electrons. The van der Waals surface area contributed by atoms with E-state index in [4.69, 9.17) is 5.73 Å². The largest absolute Gasteiger partial charge is 0.398 e. The number of hydrogen-bond donors (Lipinski definition) is 2. The second-order valence-corrected chi connectivity index (χ2v) is 5.66. The molecule has 0 atom stereocenters. The minimum Gasteiger partial charge on any atom is -0.398 e. The fraction of sp³-hybridized carbons (Fsp3) is 0.500. The van der Waals surface area contributed by atoms with Crippen LogP contribution in [0.1, 0.15) is 36.0 Å². The summed E-state index contributed by atoms with van der Waals surface area (Å²) in [6.07, 6.45) is 4.34. The summed E-state index contributed by atoms with van der Waals surface area (Å²) in [5.74, 6) is -0.0554. The van der Waals surface area contributed by atoms with Crippen LogP contribution in [0.4, 0.5) is 5.69 Å². The summed E-state index contributed by atoms with van der Waals surface area (Å²) in [5.41, 5.74) is 6.95. The van der Waals surface area contributed by atoms with Gasteiger partial charge in [-0.25, -0.2) is 0 Å².